The van der Waals surface area contributed by atoms with Crippen LogP contribution in [0, 0.1) is 5.82 Å². The van der Waals surface area contributed by atoms with E-state index < -0.39 is 42.9 Å². The number of hydrogen-bond acceptors (Lipinski definition) is 4. The summed E-state index contributed by atoms with van der Waals surface area (Å²) >= 11 is 0. The van der Waals surface area contributed by atoms with Crippen LogP contribution in [0.4, 0.5) is 17.6 Å². The number of rotatable bonds is 6. The lowest BCUT2D eigenvalue weighted by Crippen LogP contribution is -2.54. The summed E-state index contributed by atoms with van der Waals surface area (Å²) in [6.45, 7) is -2.12. The Morgan fingerprint density at radius 3 is 1.95 bits per heavy atom. The van der Waals surface area contributed by atoms with Crippen LogP contribution in [0.5, 0.6) is 0 Å². The molecule has 1 rings (SSSR count). The Balaban J connectivity index is 2.91. The van der Waals surface area contributed by atoms with Crippen LogP contribution in [0.25, 0.3) is 0 Å². The summed E-state index contributed by atoms with van der Waals surface area (Å²) in [5, 5.41) is 29.7. The Kier molecular flexibility index (Phi) is 5.46. The third-order valence-electron chi connectivity index (χ3n) is 2.86. The van der Waals surface area contributed by atoms with Crippen molar-refractivity contribution in [1.82, 2.24) is 5.32 Å². The van der Waals surface area contributed by atoms with Crippen molar-refractivity contribution in [1.29, 1.82) is 0 Å². The van der Waals surface area contributed by atoms with Gasteiger partial charge in [0.15, 0.2) is 0 Å². The van der Waals surface area contributed by atoms with Gasteiger partial charge in [0.05, 0.1) is 30.9 Å². The van der Waals surface area contributed by atoms with Crippen LogP contribution in [0.2, 0.25) is 0 Å². The van der Waals surface area contributed by atoms with Crippen molar-refractivity contribution < 1.29 is 32.9 Å². The summed E-state index contributed by atoms with van der Waals surface area (Å²) in [4.78, 5) is 0. The number of aliphatic hydroxyl groups excluding tert-OH is 3. The van der Waals surface area contributed by atoms with Crippen molar-refractivity contribution in [2.75, 3.05) is 19.8 Å². The van der Waals surface area contributed by atoms with Gasteiger partial charge in [-0.3, -0.25) is 0 Å². The summed E-state index contributed by atoms with van der Waals surface area (Å²) in [7, 11) is 0. The third kappa shape index (κ3) is 4.14. The topological polar surface area (TPSA) is 72.7 Å². The van der Waals surface area contributed by atoms with Crippen molar-refractivity contribution in [2.45, 2.75) is 18.3 Å². The molecule has 0 aromatic heterocycles. The van der Waals surface area contributed by atoms with E-state index in [1.54, 1.807) is 0 Å². The molecule has 0 atom stereocenters. The fourth-order valence-corrected chi connectivity index (χ4v) is 1.52. The van der Waals surface area contributed by atoms with E-state index in [1.165, 1.54) is 0 Å². The van der Waals surface area contributed by atoms with E-state index >= 15 is 0 Å². The zero-order chi connectivity index (χ0) is 15.4. The van der Waals surface area contributed by atoms with Crippen molar-refractivity contribution in [3.8, 4) is 0 Å². The van der Waals surface area contributed by atoms with Gasteiger partial charge in [0, 0.05) is 6.54 Å². The Morgan fingerprint density at radius 1 is 0.950 bits per heavy atom. The van der Waals surface area contributed by atoms with Gasteiger partial charge in [-0.15, -0.1) is 0 Å². The predicted octanol–water partition coefficient (Wildman–Crippen LogP) is 0.650. The van der Waals surface area contributed by atoms with E-state index in [9.17, 15) is 17.6 Å². The number of alkyl halides is 3. The van der Waals surface area contributed by atoms with Crippen LogP contribution in [0.1, 0.15) is 11.1 Å². The second kappa shape index (κ2) is 6.49. The maximum absolute atomic E-state index is 13.1. The lowest BCUT2D eigenvalue weighted by molar-refractivity contribution is -0.137. The van der Waals surface area contributed by atoms with Gasteiger partial charge in [-0.1, -0.05) is 0 Å². The maximum Gasteiger partial charge on any atom is 0.416 e. The normalized spacial score (nSPS) is 12.8. The van der Waals surface area contributed by atoms with Gasteiger partial charge >= 0.3 is 6.18 Å². The summed E-state index contributed by atoms with van der Waals surface area (Å²) in [6, 6.07) is 2.03. The molecule has 0 aliphatic heterocycles. The fraction of sp³-hybridized carbons (Fsp3) is 0.500. The summed E-state index contributed by atoms with van der Waals surface area (Å²) in [5.41, 5.74) is -2.58. The molecule has 0 heterocycles. The first-order valence-corrected chi connectivity index (χ1v) is 5.70. The molecule has 4 nitrogen and oxygen atoms in total. The van der Waals surface area contributed by atoms with Crippen LogP contribution in [-0.2, 0) is 12.7 Å². The van der Waals surface area contributed by atoms with E-state index in [4.69, 9.17) is 15.3 Å². The van der Waals surface area contributed by atoms with Crippen LogP contribution in [-0.4, -0.2) is 40.7 Å². The molecule has 0 radical (unpaired) electrons. The van der Waals surface area contributed by atoms with E-state index in [1.807, 2.05) is 0 Å². The van der Waals surface area contributed by atoms with Crippen molar-refractivity contribution >= 4 is 0 Å². The standard InChI is InChI=1S/C12H15F4NO3/c13-10-2-8(1-9(3-10)12(14,15)16)4-17-11(5-18,6-19)7-20/h1-3,17-20H,4-7H2. The highest BCUT2D eigenvalue weighted by Crippen LogP contribution is 2.30. The minimum Gasteiger partial charge on any atom is -0.394 e. The highest BCUT2D eigenvalue weighted by atomic mass is 19.4. The van der Waals surface area contributed by atoms with Gasteiger partial charge in [0.2, 0.25) is 0 Å². The highest BCUT2D eigenvalue weighted by Gasteiger charge is 2.32. The average molecular weight is 297 g/mol. The first-order chi connectivity index (χ1) is 9.26. The zero-order valence-electron chi connectivity index (χ0n) is 10.4. The molecule has 0 unspecified atom stereocenters. The molecule has 0 saturated heterocycles. The van der Waals surface area contributed by atoms with Gasteiger partial charge in [-0.05, 0) is 23.8 Å². The lowest BCUT2D eigenvalue weighted by Gasteiger charge is -2.29. The zero-order valence-corrected chi connectivity index (χ0v) is 10.4. The Hall–Kier alpha value is -1.22. The van der Waals surface area contributed by atoms with Gasteiger partial charge in [-0.25, -0.2) is 4.39 Å². The first kappa shape index (κ1) is 16.8. The lowest BCUT2D eigenvalue weighted by atomic mass is 10.0. The van der Waals surface area contributed by atoms with Crippen molar-refractivity contribution in [2.24, 2.45) is 0 Å². The summed E-state index contributed by atoms with van der Waals surface area (Å²) in [6.07, 6.45) is -4.67. The molecule has 1 aromatic carbocycles. The van der Waals surface area contributed by atoms with Crippen LogP contribution in [0.3, 0.4) is 0 Å². The SMILES string of the molecule is OCC(CO)(CO)NCc1cc(F)cc(C(F)(F)F)c1. The van der Waals surface area contributed by atoms with Gasteiger partial charge < -0.3 is 20.6 Å². The fourth-order valence-electron chi connectivity index (χ4n) is 1.52. The second-order valence-electron chi connectivity index (χ2n) is 4.45. The minimum absolute atomic E-state index is 0.0166. The van der Waals surface area contributed by atoms with Crippen LogP contribution >= 0.6 is 0 Å². The molecule has 0 bridgehead atoms. The molecule has 0 fully saturated rings. The maximum atomic E-state index is 13.1. The summed E-state index contributed by atoms with van der Waals surface area (Å²) in [5.74, 6) is -1.04. The monoisotopic (exact) mass is 297 g/mol. The highest BCUT2D eigenvalue weighted by molar-refractivity contribution is 5.27. The molecule has 1 aromatic rings. The van der Waals surface area contributed by atoms with Gasteiger partial charge in [0.25, 0.3) is 0 Å². The van der Waals surface area contributed by atoms with E-state index in [-0.39, 0.29) is 12.1 Å². The average Bonchev–Trinajstić information content (AvgIpc) is 2.39. The third-order valence-corrected chi connectivity index (χ3v) is 2.86. The molecular formula is C12H15F4NO3. The molecule has 114 valence electrons. The first-order valence-electron chi connectivity index (χ1n) is 5.70. The quantitative estimate of drug-likeness (QED) is 0.582. The van der Waals surface area contributed by atoms with Crippen LogP contribution < -0.4 is 5.32 Å². The molecule has 0 amide bonds. The number of aliphatic hydroxyl groups is 3. The van der Waals surface area contributed by atoms with Gasteiger partial charge in [-0.2, -0.15) is 13.2 Å². The second-order valence-corrected chi connectivity index (χ2v) is 4.45. The molecule has 4 N–H and O–H groups in total. The van der Waals surface area contributed by atoms with E-state index in [0.717, 1.165) is 12.1 Å². The molecule has 0 aliphatic rings. The minimum atomic E-state index is -4.67. The number of halogens is 4. The Morgan fingerprint density at radius 2 is 1.50 bits per heavy atom. The summed E-state index contributed by atoms with van der Waals surface area (Å²) < 4.78 is 50.7. The number of benzene rings is 1. The van der Waals surface area contributed by atoms with Crippen LogP contribution in [0.15, 0.2) is 18.2 Å². The molecular weight excluding hydrogens is 282 g/mol. The predicted molar refractivity (Wildman–Crippen MR) is 62.2 cm³/mol. The molecule has 0 aliphatic carbocycles. The molecule has 20 heavy (non-hydrogen) atoms. The number of nitrogens with one attached hydrogen (secondary N) is 1. The number of hydrogen-bond donors (Lipinski definition) is 4. The van der Waals surface area contributed by atoms with E-state index in [2.05, 4.69) is 5.32 Å². The van der Waals surface area contributed by atoms with E-state index in [0.29, 0.717) is 6.07 Å². The Bertz CT molecular complexity index is 439. The molecule has 0 saturated carbocycles. The largest absolute Gasteiger partial charge is 0.416 e. The Labute approximate surface area is 112 Å². The molecule has 0 spiro atoms. The van der Waals surface area contributed by atoms with Crippen molar-refractivity contribution in [3.63, 3.8) is 0 Å². The van der Waals surface area contributed by atoms with Crippen molar-refractivity contribution in [3.05, 3.63) is 35.1 Å². The smallest absolute Gasteiger partial charge is 0.394 e. The molecule has 8 heteroatoms. The van der Waals surface area contributed by atoms with Gasteiger partial charge in [0.1, 0.15) is 5.82 Å².